The Morgan fingerprint density at radius 1 is 1.00 bits per heavy atom. The Morgan fingerprint density at radius 2 is 1.80 bits per heavy atom. The Labute approximate surface area is 118 Å². The van der Waals surface area contributed by atoms with Crippen molar-refractivity contribution < 1.29 is 0 Å². The van der Waals surface area contributed by atoms with Crippen LogP contribution in [0.4, 0.5) is 0 Å². The fraction of sp³-hybridized carbons (Fsp3) is 0. The molecule has 3 nitrogen and oxygen atoms in total. The Kier molecular flexibility index (Phi) is 2.44. The van der Waals surface area contributed by atoms with Crippen LogP contribution >= 0.6 is 11.3 Å². The molecule has 0 aliphatic rings. The van der Waals surface area contributed by atoms with Gasteiger partial charge < -0.3 is 4.98 Å². The van der Waals surface area contributed by atoms with E-state index in [2.05, 4.69) is 28.2 Å². The number of benzene rings is 2. The number of hydrogen-bond donors (Lipinski definition) is 1. The zero-order valence-corrected chi connectivity index (χ0v) is 11.3. The van der Waals surface area contributed by atoms with E-state index in [1.807, 2.05) is 30.3 Å². The van der Waals surface area contributed by atoms with Gasteiger partial charge in [-0.15, -0.1) is 11.3 Å². The number of H-pyrrole nitrogens is 1. The van der Waals surface area contributed by atoms with E-state index in [9.17, 15) is 4.79 Å². The summed E-state index contributed by atoms with van der Waals surface area (Å²) in [5.74, 6) is 0.634. The molecule has 0 aliphatic heterocycles. The molecule has 2 aromatic carbocycles. The van der Waals surface area contributed by atoms with Crippen LogP contribution in [0.2, 0.25) is 0 Å². The number of nitrogens with zero attached hydrogens (tertiary/aromatic N) is 1. The van der Waals surface area contributed by atoms with Gasteiger partial charge in [-0.2, -0.15) is 0 Å². The number of hydrogen-bond acceptors (Lipinski definition) is 3. The molecule has 0 radical (unpaired) electrons. The highest BCUT2D eigenvalue weighted by Gasteiger charge is 2.08. The molecule has 2 heterocycles. The normalized spacial score (nSPS) is 11.2. The van der Waals surface area contributed by atoms with Crippen LogP contribution in [0, 0.1) is 0 Å². The summed E-state index contributed by atoms with van der Waals surface area (Å²) < 4.78 is 1.19. The third kappa shape index (κ3) is 1.73. The minimum absolute atomic E-state index is 0.0944. The first-order chi connectivity index (χ1) is 9.81. The Balaban J connectivity index is 1.99. The summed E-state index contributed by atoms with van der Waals surface area (Å²) in [6.45, 7) is 0. The molecular weight excluding hydrogens is 268 g/mol. The smallest absolute Gasteiger partial charge is 0.259 e. The summed E-state index contributed by atoms with van der Waals surface area (Å²) in [6.07, 6.45) is 0. The summed E-state index contributed by atoms with van der Waals surface area (Å²) >= 11 is 1.63. The fourth-order valence-electron chi connectivity index (χ4n) is 2.30. The number of aromatic nitrogens is 2. The minimum atomic E-state index is -0.0944. The van der Waals surface area contributed by atoms with Crippen molar-refractivity contribution in [2.75, 3.05) is 0 Å². The molecule has 0 aliphatic carbocycles. The minimum Gasteiger partial charge on any atom is -0.305 e. The van der Waals surface area contributed by atoms with Gasteiger partial charge in [0, 0.05) is 4.70 Å². The zero-order chi connectivity index (χ0) is 13.5. The van der Waals surface area contributed by atoms with Gasteiger partial charge in [0.25, 0.3) is 5.56 Å². The summed E-state index contributed by atoms with van der Waals surface area (Å²) in [5, 5.41) is 1.79. The molecule has 4 aromatic rings. The van der Waals surface area contributed by atoms with Gasteiger partial charge in [-0.25, -0.2) is 4.98 Å². The van der Waals surface area contributed by atoms with E-state index in [1.54, 1.807) is 17.4 Å². The molecule has 20 heavy (non-hydrogen) atoms. The van der Waals surface area contributed by atoms with E-state index in [4.69, 9.17) is 0 Å². The Bertz CT molecular complexity index is 951. The molecule has 2 aromatic heterocycles. The van der Waals surface area contributed by atoms with Crippen molar-refractivity contribution in [2.24, 2.45) is 0 Å². The Hall–Kier alpha value is -2.46. The molecule has 96 valence electrons. The largest absolute Gasteiger partial charge is 0.305 e. The summed E-state index contributed by atoms with van der Waals surface area (Å²) in [4.78, 5) is 20.5. The quantitative estimate of drug-likeness (QED) is 0.575. The lowest BCUT2D eigenvalue weighted by Crippen LogP contribution is -2.08. The van der Waals surface area contributed by atoms with E-state index in [0.717, 1.165) is 10.4 Å². The maximum atomic E-state index is 12.1. The van der Waals surface area contributed by atoms with Crippen LogP contribution < -0.4 is 5.56 Å². The van der Waals surface area contributed by atoms with E-state index in [-0.39, 0.29) is 5.56 Å². The van der Waals surface area contributed by atoms with Gasteiger partial charge in [0.1, 0.15) is 0 Å². The molecule has 0 saturated heterocycles. The molecule has 0 spiro atoms. The summed E-state index contributed by atoms with van der Waals surface area (Å²) in [6, 6.07) is 17.6. The molecule has 4 heteroatoms. The molecule has 0 saturated carbocycles. The van der Waals surface area contributed by atoms with Crippen LogP contribution in [-0.4, -0.2) is 9.97 Å². The van der Waals surface area contributed by atoms with Crippen molar-refractivity contribution in [3.63, 3.8) is 0 Å². The predicted octanol–water partition coefficient (Wildman–Crippen LogP) is 3.80. The van der Waals surface area contributed by atoms with Crippen LogP contribution in [0.15, 0.2) is 59.4 Å². The SMILES string of the molecule is O=c1[nH]c(-c2cc3ccccc3s2)nc2ccccc12. The lowest BCUT2D eigenvalue weighted by Gasteiger charge is -1.99. The number of rotatable bonds is 1. The Morgan fingerprint density at radius 3 is 2.70 bits per heavy atom. The second-order valence-electron chi connectivity index (χ2n) is 4.58. The lowest BCUT2D eigenvalue weighted by atomic mass is 10.2. The second-order valence-corrected chi connectivity index (χ2v) is 5.66. The first-order valence-corrected chi connectivity index (χ1v) is 7.11. The van der Waals surface area contributed by atoms with Crippen molar-refractivity contribution in [2.45, 2.75) is 0 Å². The van der Waals surface area contributed by atoms with Crippen molar-refractivity contribution in [1.29, 1.82) is 0 Å². The van der Waals surface area contributed by atoms with Crippen molar-refractivity contribution in [3.8, 4) is 10.7 Å². The number of para-hydroxylation sites is 1. The molecule has 1 N–H and O–H groups in total. The van der Waals surface area contributed by atoms with Gasteiger partial charge in [0.05, 0.1) is 15.8 Å². The number of thiophene rings is 1. The van der Waals surface area contributed by atoms with Gasteiger partial charge in [-0.1, -0.05) is 30.3 Å². The first kappa shape index (κ1) is 11.4. The maximum absolute atomic E-state index is 12.1. The third-order valence-electron chi connectivity index (χ3n) is 3.27. The topological polar surface area (TPSA) is 45.8 Å². The van der Waals surface area contributed by atoms with Crippen LogP contribution in [0.1, 0.15) is 0 Å². The van der Waals surface area contributed by atoms with E-state index in [1.165, 1.54) is 10.1 Å². The maximum Gasteiger partial charge on any atom is 0.259 e. The van der Waals surface area contributed by atoms with Gasteiger partial charge in [-0.3, -0.25) is 4.79 Å². The average Bonchev–Trinajstić information content (AvgIpc) is 2.91. The van der Waals surface area contributed by atoms with Gasteiger partial charge >= 0.3 is 0 Å². The standard InChI is InChI=1S/C16H10N2OS/c19-16-11-6-2-3-7-12(11)17-15(18-16)14-9-10-5-1-4-8-13(10)20-14/h1-9H,(H,17,18,19). The monoisotopic (exact) mass is 278 g/mol. The number of fused-ring (bicyclic) bond motifs is 2. The van der Waals surface area contributed by atoms with E-state index < -0.39 is 0 Å². The molecule has 4 rings (SSSR count). The van der Waals surface area contributed by atoms with Crippen molar-refractivity contribution in [1.82, 2.24) is 9.97 Å². The van der Waals surface area contributed by atoms with Crippen molar-refractivity contribution in [3.05, 3.63) is 65.0 Å². The van der Waals surface area contributed by atoms with E-state index >= 15 is 0 Å². The number of aromatic amines is 1. The van der Waals surface area contributed by atoms with E-state index in [0.29, 0.717) is 11.2 Å². The molecule has 0 bridgehead atoms. The third-order valence-corrected chi connectivity index (χ3v) is 4.39. The number of nitrogens with one attached hydrogen (secondary N) is 1. The van der Waals surface area contributed by atoms with Gasteiger partial charge in [-0.05, 0) is 29.7 Å². The van der Waals surface area contributed by atoms with Crippen LogP contribution in [-0.2, 0) is 0 Å². The summed E-state index contributed by atoms with van der Waals surface area (Å²) in [5.41, 5.74) is 0.631. The fourth-order valence-corrected chi connectivity index (χ4v) is 3.31. The average molecular weight is 278 g/mol. The zero-order valence-electron chi connectivity index (χ0n) is 10.5. The van der Waals surface area contributed by atoms with Gasteiger partial charge in [0.15, 0.2) is 5.82 Å². The highest BCUT2D eigenvalue weighted by molar-refractivity contribution is 7.22. The highest BCUT2D eigenvalue weighted by Crippen LogP contribution is 2.31. The van der Waals surface area contributed by atoms with Gasteiger partial charge in [0.2, 0.25) is 0 Å². The lowest BCUT2D eigenvalue weighted by molar-refractivity contribution is 1.19. The molecule has 0 fully saturated rings. The van der Waals surface area contributed by atoms with Crippen molar-refractivity contribution >= 4 is 32.3 Å². The molecule has 0 atom stereocenters. The second kappa shape index (κ2) is 4.28. The molecule has 0 unspecified atom stereocenters. The molecule has 0 amide bonds. The molecular formula is C16H10N2OS. The predicted molar refractivity (Wildman–Crippen MR) is 83.2 cm³/mol. The summed E-state index contributed by atoms with van der Waals surface area (Å²) in [7, 11) is 0. The highest BCUT2D eigenvalue weighted by atomic mass is 32.1. The van der Waals surface area contributed by atoms with Crippen LogP contribution in [0.25, 0.3) is 31.7 Å². The first-order valence-electron chi connectivity index (χ1n) is 6.29. The van der Waals surface area contributed by atoms with Crippen LogP contribution in [0.3, 0.4) is 0 Å². The van der Waals surface area contributed by atoms with Crippen LogP contribution in [0.5, 0.6) is 0 Å².